The third kappa shape index (κ3) is 6.21. The topological polar surface area (TPSA) is 116 Å². The number of benzene rings is 3. The molecule has 1 fully saturated rings. The van der Waals surface area contributed by atoms with Crippen LogP contribution in [0.25, 0.3) is 6.08 Å². The molecule has 4 rings (SSSR count). The number of aliphatic carboxylic acids is 1. The lowest BCUT2D eigenvalue weighted by Crippen LogP contribution is -2.28. The van der Waals surface area contributed by atoms with Gasteiger partial charge in [0.1, 0.15) is 5.75 Å². The van der Waals surface area contributed by atoms with Crippen LogP contribution in [0.1, 0.15) is 21.5 Å². The lowest BCUT2D eigenvalue weighted by molar-refractivity contribution is -0.139. The molecule has 1 aliphatic rings. The molecule has 8 nitrogen and oxygen atoms in total. The molecule has 0 spiro atoms. The monoisotopic (exact) mass is 566 g/mol. The molecule has 10 heteroatoms. The number of ether oxygens (including phenoxy) is 1. The van der Waals surface area contributed by atoms with E-state index in [4.69, 9.17) is 14.9 Å². The summed E-state index contributed by atoms with van der Waals surface area (Å²) in [6.45, 7) is -0.241. The Hall–Kier alpha value is -3.89. The number of hydrogen-bond acceptors (Lipinski definition) is 6. The van der Waals surface area contributed by atoms with E-state index < -0.39 is 18.5 Å². The Morgan fingerprint density at radius 3 is 2.39 bits per heavy atom. The van der Waals surface area contributed by atoms with E-state index in [1.54, 1.807) is 41.3 Å². The molecule has 3 aromatic rings. The molecule has 36 heavy (non-hydrogen) atoms. The Balaban J connectivity index is 1.63. The van der Waals surface area contributed by atoms with Crippen molar-refractivity contribution in [1.29, 1.82) is 0 Å². The van der Waals surface area contributed by atoms with Crippen LogP contribution < -0.4 is 4.74 Å². The van der Waals surface area contributed by atoms with Gasteiger partial charge in [0, 0.05) is 0 Å². The summed E-state index contributed by atoms with van der Waals surface area (Å²) >= 11 is 4.61. The summed E-state index contributed by atoms with van der Waals surface area (Å²) in [5.41, 5.74) is 2.34. The zero-order chi connectivity index (χ0) is 25.7. The summed E-state index contributed by atoms with van der Waals surface area (Å²) in [6.07, 6.45) is 1.73. The number of aromatic carboxylic acids is 1. The zero-order valence-corrected chi connectivity index (χ0v) is 21.0. The van der Waals surface area contributed by atoms with Crippen molar-refractivity contribution in [2.45, 2.75) is 6.54 Å². The second-order valence-corrected chi connectivity index (χ2v) is 9.47. The third-order valence-corrected chi connectivity index (χ3v) is 6.64. The maximum absolute atomic E-state index is 13.4. The molecule has 1 aliphatic heterocycles. The van der Waals surface area contributed by atoms with Gasteiger partial charge in [-0.25, -0.2) is 14.6 Å². The smallest absolute Gasteiger partial charge is 0.341 e. The van der Waals surface area contributed by atoms with E-state index in [1.165, 1.54) is 23.9 Å². The predicted molar refractivity (Wildman–Crippen MR) is 140 cm³/mol. The van der Waals surface area contributed by atoms with Crippen molar-refractivity contribution in [2.24, 2.45) is 4.99 Å². The Morgan fingerprint density at radius 2 is 1.75 bits per heavy atom. The first kappa shape index (κ1) is 25.2. The van der Waals surface area contributed by atoms with Gasteiger partial charge in [0.2, 0.25) is 0 Å². The second-order valence-electron chi connectivity index (χ2n) is 7.61. The number of carbonyl (C=O) groups excluding carboxylic acids is 1. The molecule has 2 N–H and O–H groups in total. The Bertz CT molecular complexity index is 1370. The first-order valence-corrected chi connectivity index (χ1v) is 12.2. The van der Waals surface area contributed by atoms with Crippen LogP contribution in [0.15, 0.2) is 87.2 Å². The highest BCUT2D eigenvalue weighted by molar-refractivity contribution is 9.10. The van der Waals surface area contributed by atoms with Gasteiger partial charge in [-0.3, -0.25) is 9.69 Å². The first-order chi connectivity index (χ1) is 17.3. The van der Waals surface area contributed by atoms with Crippen molar-refractivity contribution >= 4 is 62.5 Å². The molecule has 0 atom stereocenters. The average molecular weight is 567 g/mol. The highest BCUT2D eigenvalue weighted by atomic mass is 79.9. The van der Waals surface area contributed by atoms with Crippen LogP contribution in [-0.2, 0) is 16.1 Å². The van der Waals surface area contributed by atoms with Gasteiger partial charge in [0.15, 0.2) is 11.8 Å². The van der Waals surface area contributed by atoms with E-state index in [1.807, 2.05) is 30.3 Å². The predicted octanol–water partition coefficient (Wildman–Crippen LogP) is 5.41. The molecular weight excluding hydrogens is 548 g/mol. The highest BCUT2D eigenvalue weighted by Crippen LogP contribution is 2.36. The summed E-state index contributed by atoms with van der Waals surface area (Å²) in [4.78, 5) is 42.0. The molecule has 182 valence electrons. The van der Waals surface area contributed by atoms with E-state index in [2.05, 4.69) is 20.9 Å². The fraction of sp³-hybridized carbons (Fsp3) is 0.0769. The van der Waals surface area contributed by atoms with Crippen molar-refractivity contribution in [3.63, 3.8) is 0 Å². The minimum atomic E-state index is -1.08. The Morgan fingerprint density at radius 1 is 1.03 bits per heavy atom. The van der Waals surface area contributed by atoms with Crippen molar-refractivity contribution < 1.29 is 29.3 Å². The standard InChI is InChI=1S/C26H19BrN2O6S/c27-20-12-17(8-11-21(20)35-15-23(30)31)13-22-24(32)29(14-16-6-9-18(10-7-16)25(33)34)26(36-22)28-19-4-2-1-3-5-19/h1-13H,14-15H2,(H,30,31)(H,33,34)/b22-13-,28-26?. The summed E-state index contributed by atoms with van der Waals surface area (Å²) in [6, 6.07) is 20.7. The molecular formula is C26H19BrN2O6S. The first-order valence-electron chi connectivity index (χ1n) is 10.6. The third-order valence-electron chi connectivity index (χ3n) is 5.02. The quantitative estimate of drug-likeness (QED) is 0.350. The number of nitrogens with zero attached hydrogens (tertiary/aromatic N) is 2. The van der Waals surface area contributed by atoms with Crippen LogP contribution in [0.3, 0.4) is 0 Å². The number of aliphatic imine (C=N–C) groups is 1. The number of carbonyl (C=O) groups is 3. The number of halogens is 1. The molecule has 0 aromatic heterocycles. The Labute approximate surface area is 219 Å². The highest BCUT2D eigenvalue weighted by Gasteiger charge is 2.33. The summed E-state index contributed by atoms with van der Waals surface area (Å²) in [7, 11) is 0. The van der Waals surface area contributed by atoms with Crippen molar-refractivity contribution in [1.82, 2.24) is 4.90 Å². The minimum Gasteiger partial charge on any atom is -0.481 e. The number of para-hydroxylation sites is 1. The van der Waals surface area contributed by atoms with Gasteiger partial charge >= 0.3 is 11.9 Å². The van der Waals surface area contributed by atoms with E-state index in [-0.39, 0.29) is 18.0 Å². The van der Waals surface area contributed by atoms with Crippen LogP contribution in [0, 0.1) is 0 Å². The van der Waals surface area contributed by atoms with Crippen molar-refractivity contribution in [3.8, 4) is 5.75 Å². The molecule has 0 bridgehead atoms. The number of rotatable bonds is 8. The van der Waals surface area contributed by atoms with Crippen LogP contribution in [0.2, 0.25) is 0 Å². The van der Waals surface area contributed by atoms with Gasteiger partial charge in [-0.2, -0.15) is 0 Å². The number of carboxylic acids is 2. The molecule has 1 saturated heterocycles. The summed E-state index contributed by atoms with van der Waals surface area (Å²) < 4.78 is 5.79. The van der Waals surface area contributed by atoms with Gasteiger partial charge in [0.25, 0.3) is 5.91 Å². The lowest BCUT2D eigenvalue weighted by Gasteiger charge is -2.16. The molecule has 1 amide bonds. The molecule has 0 unspecified atom stereocenters. The van der Waals surface area contributed by atoms with E-state index >= 15 is 0 Å². The van der Waals surface area contributed by atoms with Crippen LogP contribution in [-0.4, -0.2) is 44.7 Å². The van der Waals surface area contributed by atoms with Crippen molar-refractivity contribution in [3.05, 3.63) is 98.9 Å². The van der Waals surface area contributed by atoms with Crippen LogP contribution in [0.4, 0.5) is 5.69 Å². The van der Waals surface area contributed by atoms with Crippen LogP contribution in [0.5, 0.6) is 5.75 Å². The van der Waals surface area contributed by atoms with Crippen molar-refractivity contribution in [2.75, 3.05) is 6.61 Å². The number of thioether (sulfide) groups is 1. The normalized spacial score (nSPS) is 15.5. The summed E-state index contributed by atoms with van der Waals surface area (Å²) in [5.74, 6) is -1.96. The molecule has 3 aromatic carbocycles. The fourth-order valence-electron chi connectivity index (χ4n) is 3.29. The largest absolute Gasteiger partial charge is 0.481 e. The van der Waals surface area contributed by atoms with Crippen LogP contribution >= 0.6 is 27.7 Å². The maximum Gasteiger partial charge on any atom is 0.341 e. The van der Waals surface area contributed by atoms with Gasteiger partial charge < -0.3 is 14.9 Å². The molecule has 1 heterocycles. The maximum atomic E-state index is 13.4. The number of amides is 1. The number of hydrogen-bond donors (Lipinski definition) is 2. The van der Waals surface area contributed by atoms with Gasteiger partial charge in [0.05, 0.1) is 27.2 Å². The molecule has 0 saturated carbocycles. The van der Waals surface area contributed by atoms with Gasteiger partial charge in [-0.05, 0) is 81.3 Å². The number of amidine groups is 1. The zero-order valence-electron chi connectivity index (χ0n) is 18.6. The van der Waals surface area contributed by atoms with Gasteiger partial charge in [-0.1, -0.05) is 36.4 Å². The minimum absolute atomic E-state index is 0.168. The fourth-order valence-corrected chi connectivity index (χ4v) is 4.80. The lowest BCUT2D eigenvalue weighted by atomic mass is 10.1. The second kappa shape index (κ2) is 11.2. The summed E-state index contributed by atoms with van der Waals surface area (Å²) in [5, 5.41) is 18.4. The number of carboxylic acid groups (broad SMARTS) is 2. The molecule has 0 radical (unpaired) electrons. The van der Waals surface area contributed by atoms with E-state index in [0.29, 0.717) is 31.5 Å². The van der Waals surface area contributed by atoms with Gasteiger partial charge in [-0.15, -0.1) is 0 Å². The Kier molecular flexibility index (Phi) is 7.87. The molecule has 0 aliphatic carbocycles. The SMILES string of the molecule is O=C(O)COc1ccc(/C=C2\SC(=Nc3ccccc3)N(Cc3ccc(C(=O)O)cc3)C2=O)cc1Br. The average Bonchev–Trinajstić information content (AvgIpc) is 3.13. The van der Waals surface area contributed by atoms with E-state index in [9.17, 15) is 14.4 Å². The van der Waals surface area contributed by atoms with E-state index in [0.717, 1.165) is 5.56 Å².